The van der Waals surface area contributed by atoms with Crippen molar-refractivity contribution in [1.82, 2.24) is 9.62 Å². The van der Waals surface area contributed by atoms with Crippen molar-refractivity contribution in [2.75, 3.05) is 39.6 Å². The van der Waals surface area contributed by atoms with Crippen LogP contribution in [0.2, 0.25) is 0 Å². The number of ether oxygens (including phenoxy) is 2. The second kappa shape index (κ2) is 6.60. The first-order valence-corrected chi connectivity index (χ1v) is 9.12. The highest BCUT2D eigenvalue weighted by molar-refractivity contribution is 7.88. The van der Waals surface area contributed by atoms with Gasteiger partial charge in [0, 0.05) is 26.7 Å². The van der Waals surface area contributed by atoms with E-state index in [2.05, 4.69) is 4.72 Å². The number of likely N-dealkylation sites (tertiary alicyclic amines) is 1. The summed E-state index contributed by atoms with van der Waals surface area (Å²) in [5.41, 5.74) is -0.314. The number of rotatable bonds is 5. The number of sulfonamides is 1. The van der Waals surface area contributed by atoms with E-state index in [9.17, 15) is 13.2 Å². The van der Waals surface area contributed by atoms with E-state index in [1.54, 1.807) is 4.90 Å². The minimum absolute atomic E-state index is 0.0191. The van der Waals surface area contributed by atoms with Gasteiger partial charge in [-0.05, 0) is 25.7 Å². The molecule has 7 nitrogen and oxygen atoms in total. The van der Waals surface area contributed by atoms with Crippen molar-refractivity contribution in [3.8, 4) is 0 Å². The fourth-order valence-electron chi connectivity index (χ4n) is 3.08. The van der Waals surface area contributed by atoms with Crippen LogP contribution in [0.3, 0.4) is 0 Å². The van der Waals surface area contributed by atoms with Crippen molar-refractivity contribution in [1.29, 1.82) is 0 Å². The highest BCUT2D eigenvalue weighted by Crippen LogP contribution is 2.36. The van der Waals surface area contributed by atoms with Crippen molar-refractivity contribution in [3.05, 3.63) is 0 Å². The summed E-state index contributed by atoms with van der Waals surface area (Å²) in [5.74, 6) is -0.0191. The second-order valence-electron chi connectivity index (χ2n) is 5.93. The topological polar surface area (TPSA) is 84.9 Å². The van der Waals surface area contributed by atoms with Gasteiger partial charge in [-0.3, -0.25) is 4.79 Å². The maximum absolute atomic E-state index is 11.9. The lowest BCUT2D eigenvalue weighted by molar-refractivity contribution is -0.140. The third-order valence-electron chi connectivity index (χ3n) is 4.09. The first-order chi connectivity index (χ1) is 9.84. The summed E-state index contributed by atoms with van der Waals surface area (Å²) in [7, 11) is -1.69. The lowest BCUT2D eigenvalue weighted by atomic mass is 9.90. The first kappa shape index (κ1) is 16.7. The molecule has 122 valence electrons. The lowest BCUT2D eigenvalue weighted by Gasteiger charge is -2.38. The minimum Gasteiger partial charge on any atom is -0.375 e. The Morgan fingerprint density at radius 3 is 2.90 bits per heavy atom. The molecule has 1 spiro atoms. The van der Waals surface area contributed by atoms with Gasteiger partial charge in [0.15, 0.2) is 0 Å². The van der Waals surface area contributed by atoms with E-state index >= 15 is 0 Å². The molecule has 8 heteroatoms. The molecule has 0 aromatic rings. The van der Waals surface area contributed by atoms with Crippen LogP contribution in [0.25, 0.3) is 0 Å². The maximum atomic E-state index is 11.9. The molecule has 0 radical (unpaired) electrons. The smallest absolute Gasteiger partial charge is 0.248 e. The lowest BCUT2D eigenvalue weighted by Crippen LogP contribution is -2.47. The predicted molar refractivity (Wildman–Crippen MR) is 77.4 cm³/mol. The van der Waals surface area contributed by atoms with Crippen LogP contribution in [0.4, 0.5) is 0 Å². The Kier molecular flexibility index (Phi) is 5.24. The number of nitrogens with one attached hydrogen (secondary N) is 1. The molecule has 2 aliphatic heterocycles. The molecule has 2 fully saturated rings. The highest BCUT2D eigenvalue weighted by Gasteiger charge is 2.44. The Morgan fingerprint density at radius 2 is 2.24 bits per heavy atom. The third-order valence-corrected chi connectivity index (χ3v) is 4.78. The summed E-state index contributed by atoms with van der Waals surface area (Å²) in [6.07, 6.45) is 4.58. The zero-order chi connectivity index (χ0) is 15.5. The van der Waals surface area contributed by atoms with Gasteiger partial charge in [0.2, 0.25) is 15.9 Å². The molecule has 21 heavy (non-hydrogen) atoms. The van der Waals surface area contributed by atoms with Crippen molar-refractivity contribution in [3.63, 3.8) is 0 Å². The van der Waals surface area contributed by atoms with E-state index in [1.807, 2.05) is 0 Å². The van der Waals surface area contributed by atoms with E-state index in [0.717, 1.165) is 31.9 Å². The van der Waals surface area contributed by atoms with Crippen LogP contribution >= 0.6 is 0 Å². The SMILES string of the molecule is COCC(=O)N1CC[C@]2(CCC[C@@H](CNS(C)(=O)=O)O2)C1. The highest BCUT2D eigenvalue weighted by atomic mass is 32.2. The zero-order valence-corrected chi connectivity index (χ0v) is 13.4. The van der Waals surface area contributed by atoms with Gasteiger partial charge in [0.05, 0.1) is 18.0 Å². The van der Waals surface area contributed by atoms with Crippen molar-refractivity contribution >= 4 is 15.9 Å². The second-order valence-corrected chi connectivity index (χ2v) is 7.77. The van der Waals surface area contributed by atoms with Crippen LogP contribution < -0.4 is 4.72 Å². The number of hydrogen-bond acceptors (Lipinski definition) is 5. The summed E-state index contributed by atoms with van der Waals surface area (Å²) in [6, 6.07) is 0. The van der Waals surface area contributed by atoms with Gasteiger partial charge < -0.3 is 14.4 Å². The van der Waals surface area contributed by atoms with Gasteiger partial charge in [0.25, 0.3) is 0 Å². The summed E-state index contributed by atoms with van der Waals surface area (Å²) in [6.45, 7) is 1.64. The quantitative estimate of drug-likeness (QED) is 0.753. The monoisotopic (exact) mass is 320 g/mol. The number of methoxy groups -OCH3 is 1. The molecule has 0 aliphatic carbocycles. The van der Waals surface area contributed by atoms with Crippen LogP contribution in [-0.2, 0) is 24.3 Å². The van der Waals surface area contributed by atoms with Crippen molar-refractivity contribution in [2.24, 2.45) is 0 Å². The molecule has 2 heterocycles. The molecule has 1 N–H and O–H groups in total. The Balaban J connectivity index is 1.90. The Hall–Kier alpha value is -0.700. The van der Waals surface area contributed by atoms with Crippen LogP contribution in [0.5, 0.6) is 0 Å². The first-order valence-electron chi connectivity index (χ1n) is 7.23. The molecule has 0 bridgehead atoms. The predicted octanol–water partition coefficient (Wildman–Crippen LogP) is -0.278. The Labute approximate surface area is 126 Å². The molecule has 2 atom stereocenters. The number of carbonyl (C=O) groups excluding carboxylic acids is 1. The Bertz CT molecular complexity index is 481. The van der Waals surface area contributed by atoms with Crippen LogP contribution in [0, 0.1) is 0 Å². The van der Waals surface area contributed by atoms with Crippen molar-refractivity contribution in [2.45, 2.75) is 37.4 Å². The fourth-order valence-corrected chi connectivity index (χ4v) is 3.57. The van der Waals surface area contributed by atoms with Gasteiger partial charge >= 0.3 is 0 Å². The van der Waals surface area contributed by atoms with Gasteiger partial charge in [-0.15, -0.1) is 0 Å². The van der Waals surface area contributed by atoms with Gasteiger partial charge in [-0.25, -0.2) is 13.1 Å². The molecule has 0 unspecified atom stereocenters. The van der Waals surface area contributed by atoms with Crippen LogP contribution in [0.15, 0.2) is 0 Å². The normalized spacial score (nSPS) is 30.0. The molecule has 0 aromatic heterocycles. The molecule has 0 saturated carbocycles. The molecular formula is C13H24N2O5S. The minimum atomic E-state index is -3.20. The standard InChI is InChI=1S/C13H24N2O5S/c1-19-9-12(16)15-7-6-13(10-15)5-3-4-11(20-13)8-14-21(2,17)18/h11,14H,3-10H2,1-2H3/t11-,13+/m0/s1. The molecule has 2 aliphatic rings. The Morgan fingerprint density at radius 1 is 1.48 bits per heavy atom. The molecule has 0 aromatic carbocycles. The van der Waals surface area contributed by atoms with Gasteiger partial charge in [-0.2, -0.15) is 0 Å². The average molecular weight is 320 g/mol. The fraction of sp³-hybridized carbons (Fsp3) is 0.923. The van der Waals surface area contributed by atoms with Gasteiger partial charge in [0.1, 0.15) is 6.61 Å². The van der Waals surface area contributed by atoms with E-state index in [0.29, 0.717) is 19.6 Å². The van der Waals surface area contributed by atoms with Crippen LogP contribution in [0.1, 0.15) is 25.7 Å². The molecule has 2 rings (SSSR count). The number of carbonyl (C=O) groups is 1. The molecule has 2 saturated heterocycles. The van der Waals surface area contributed by atoms with E-state index in [1.165, 1.54) is 7.11 Å². The zero-order valence-electron chi connectivity index (χ0n) is 12.6. The van der Waals surface area contributed by atoms with Crippen molar-refractivity contribution < 1.29 is 22.7 Å². The summed E-state index contributed by atoms with van der Waals surface area (Å²) >= 11 is 0. The number of amides is 1. The number of hydrogen-bond donors (Lipinski definition) is 1. The number of nitrogens with zero attached hydrogens (tertiary/aromatic N) is 1. The average Bonchev–Trinajstić information content (AvgIpc) is 2.80. The van der Waals surface area contributed by atoms with Crippen LogP contribution in [-0.4, -0.2) is 70.5 Å². The summed E-state index contributed by atoms with van der Waals surface area (Å²) in [5, 5.41) is 0. The summed E-state index contributed by atoms with van der Waals surface area (Å²) in [4.78, 5) is 13.6. The third kappa shape index (κ3) is 4.64. The van der Waals surface area contributed by atoms with E-state index in [-0.39, 0.29) is 24.2 Å². The maximum Gasteiger partial charge on any atom is 0.248 e. The summed E-state index contributed by atoms with van der Waals surface area (Å²) < 4.78 is 35.8. The van der Waals surface area contributed by atoms with E-state index in [4.69, 9.17) is 9.47 Å². The largest absolute Gasteiger partial charge is 0.375 e. The molecule has 1 amide bonds. The molecular weight excluding hydrogens is 296 g/mol. The van der Waals surface area contributed by atoms with Gasteiger partial charge in [-0.1, -0.05) is 0 Å². The van der Waals surface area contributed by atoms with E-state index < -0.39 is 10.0 Å².